The van der Waals surface area contributed by atoms with Crippen molar-refractivity contribution in [1.29, 1.82) is 0 Å². The molecule has 134 valence electrons. The third-order valence-electron chi connectivity index (χ3n) is 3.29. The topological polar surface area (TPSA) is 90.9 Å². The molecule has 1 N–H and O–H groups in total. The summed E-state index contributed by atoms with van der Waals surface area (Å²) in [5.74, 6) is -0.139. The zero-order valence-electron chi connectivity index (χ0n) is 13.7. The second-order valence-corrected chi connectivity index (χ2v) is 6.87. The Labute approximate surface area is 150 Å². The van der Waals surface area contributed by atoms with Gasteiger partial charge in [-0.05, 0) is 30.3 Å². The predicted octanol–water partition coefficient (Wildman–Crippen LogP) is 2.94. The van der Waals surface area contributed by atoms with Crippen LogP contribution in [-0.4, -0.2) is 35.7 Å². The van der Waals surface area contributed by atoms with Gasteiger partial charge in [0.25, 0.3) is 10.0 Å². The van der Waals surface area contributed by atoms with Crippen LogP contribution in [0.5, 0.6) is 11.5 Å². The van der Waals surface area contributed by atoms with E-state index in [0.29, 0.717) is 5.75 Å². The molecule has 0 bridgehead atoms. The number of anilines is 1. The van der Waals surface area contributed by atoms with E-state index >= 15 is 0 Å². The van der Waals surface area contributed by atoms with Gasteiger partial charge in [-0.3, -0.25) is 4.72 Å². The Morgan fingerprint density at radius 3 is 2.36 bits per heavy atom. The number of rotatable bonds is 6. The smallest absolute Gasteiger partial charge is 0.337 e. The first-order chi connectivity index (χ1) is 11.8. The number of halogens is 1. The van der Waals surface area contributed by atoms with Gasteiger partial charge in [-0.25, -0.2) is 13.2 Å². The Morgan fingerprint density at radius 1 is 1.04 bits per heavy atom. The molecule has 0 heterocycles. The number of methoxy groups -OCH3 is 3. The van der Waals surface area contributed by atoms with Crippen molar-refractivity contribution < 1.29 is 27.4 Å². The number of hydrogen-bond acceptors (Lipinski definition) is 6. The highest BCUT2D eigenvalue weighted by Gasteiger charge is 2.22. The molecule has 2 aromatic rings. The van der Waals surface area contributed by atoms with Crippen LogP contribution in [0, 0.1) is 0 Å². The summed E-state index contributed by atoms with van der Waals surface area (Å²) < 4.78 is 42.6. The van der Waals surface area contributed by atoms with Gasteiger partial charge in [0.2, 0.25) is 0 Å². The van der Waals surface area contributed by atoms with Crippen LogP contribution in [0.25, 0.3) is 0 Å². The number of sulfonamides is 1. The average molecular weight is 386 g/mol. The lowest BCUT2D eigenvalue weighted by atomic mass is 10.2. The Bertz CT molecular complexity index is 897. The second-order valence-electron chi connectivity index (χ2n) is 4.81. The first kappa shape index (κ1) is 18.9. The molecule has 0 radical (unpaired) electrons. The van der Waals surface area contributed by atoms with Gasteiger partial charge in [0.15, 0.2) is 0 Å². The van der Waals surface area contributed by atoms with Gasteiger partial charge in [-0.1, -0.05) is 11.6 Å². The van der Waals surface area contributed by atoms with Gasteiger partial charge in [-0.2, -0.15) is 0 Å². The van der Waals surface area contributed by atoms with Crippen molar-refractivity contribution in [2.24, 2.45) is 0 Å². The summed E-state index contributed by atoms with van der Waals surface area (Å²) in [7, 11) is -0.0560. The fourth-order valence-corrected chi connectivity index (χ4v) is 3.52. The van der Waals surface area contributed by atoms with Crippen molar-refractivity contribution >= 4 is 33.3 Å². The van der Waals surface area contributed by atoms with E-state index in [0.717, 1.165) is 0 Å². The SMILES string of the molecule is COC(=O)c1ccc(Cl)c(NS(=O)(=O)c2cc(OC)ccc2OC)c1. The molecule has 0 aromatic heterocycles. The van der Waals surface area contributed by atoms with E-state index in [4.69, 9.17) is 21.1 Å². The van der Waals surface area contributed by atoms with Crippen LogP contribution in [0.3, 0.4) is 0 Å². The zero-order chi connectivity index (χ0) is 18.6. The predicted molar refractivity (Wildman–Crippen MR) is 93.1 cm³/mol. The Morgan fingerprint density at radius 2 is 1.76 bits per heavy atom. The quantitative estimate of drug-likeness (QED) is 0.769. The minimum atomic E-state index is -4.05. The van der Waals surface area contributed by atoms with Crippen molar-refractivity contribution in [1.82, 2.24) is 0 Å². The third kappa shape index (κ3) is 4.15. The molecule has 0 saturated carbocycles. The van der Waals surface area contributed by atoms with Gasteiger partial charge in [0.05, 0.1) is 37.6 Å². The van der Waals surface area contributed by atoms with E-state index in [1.165, 1.54) is 51.7 Å². The van der Waals surface area contributed by atoms with Crippen molar-refractivity contribution in [3.05, 3.63) is 47.0 Å². The van der Waals surface area contributed by atoms with Crippen LogP contribution in [0.4, 0.5) is 5.69 Å². The van der Waals surface area contributed by atoms with E-state index < -0.39 is 16.0 Å². The Balaban J connectivity index is 2.48. The number of carbonyl (C=O) groups excluding carboxylic acids is 1. The van der Waals surface area contributed by atoms with Crippen molar-refractivity contribution in [2.75, 3.05) is 26.1 Å². The van der Waals surface area contributed by atoms with Gasteiger partial charge in [0, 0.05) is 6.07 Å². The first-order valence-electron chi connectivity index (χ1n) is 6.95. The van der Waals surface area contributed by atoms with Crippen LogP contribution < -0.4 is 14.2 Å². The Hall–Kier alpha value is -2.45. The number of benzene rings is 2. The summed E-state index contributed by atoms with van der Waals surface area (Å²) in [4.78, 5) is 11.5. The summed E-state index contributed by atoms with van der Waals surface area (Å²) in [6.45, 7) is 0. The molecule has 0 unspecified atom stereocenters. The van der Waals surface area contributed by atoms with Gasteiger partial charge in [0.1, 0.15) is 16.4 Å². The number of nitrogens with one attached hydrogen (secondary N) is 1. The van der Waals surface area contributed by atoms with E-state index in [9.17, 15) is 13.2 Å². The van der Waals surface area contributed by atoms with Crippen molar-refractivity contribution in [2.45, 2.75) is 4.90 Å². The second kappa shape index (κ2) is 7.62. The highest BCUT2D eigenvalue weighted by molar-refractivity contribution is 7.92. The highest BCUT2D eigenvalue weighted by Crippen LogP contribution is 2.32. The molecule has 2 aromatic carbocycles. The van der Waals surface area contributed by atoms with E-state index in [-0.39, 0.29) is 26.9 Å². The molecule has 0 spiro atoms. The number of esters is 1. The summed E-state index contributed by atoms with van der Waals surface area (Å²) in [5, 5.41) is 0.123. The molecule has 0 aliphatic rings. The molecule has 0 saturated heterocycles. The van der Waals surface area contributed by atoms with Crippen LogP contribution in [0.15, 0.2) is 41.3 Å². The first-order valence-corrected chi connectivity index (χ1v) is 8.81. The fourth-order valence-electron chi connectivity index (χ4n) is 2.04. The van der Waals surface area contributed by atoms with E-state index in [1.54, 1.807) is 6.07 Å². The lowest BCUT2D eigenvalue weighted by Crippen LogP contribution is -2.15. The van der Waals surface area contributed by atoms with Crippen LogP contribution in [0.1, 0.15) is 10.4 Å². The molecule has 0 aliphatic carbocycles. The lowest BCUT2D eigenvalue weighted by Gasteiger charge is -2.14. The maximum atomic E-state index is 12.7. The molecule has 7 nitrogen and oxygen atoms in total. The maximum absolute atomic E-state index is 12.7. The monoisotopic (exact) mass is 385 g/mol. The Kier molecular flexibility index (Phi) is 5.76. The number of hydrogen-bond donors (Lipinski definition) is 1. The molecule has 2 rings (SSSR count). The van der Waals surface area contributed by atoms with Crippen LogP contribution in [-0.2, 0) is 14.8 Å². The van der Waals surface area contributed by atoms with Gasteiger partial charge >= 0.3 is 5.97 Å². The average Bonchev–Trinajstić information content (AvgIpc) is 2.62. The van der Waals surface area contributed by atoms with E-state index in [1.807, 2.05) is 0 Å². The zero-order valence-corrected chi connectivity index (χ0v) is 15.3. The normalized spacial score (nSPS) is 10.9. The molecule has 0 fully saturated rings. The van der Waals surface area contributed by atoms with Crippen LogP contribution >= 0.6 is 11.6 Å². The molecular formula is C16H16ClNO6S. The largest absolute Gasteiger partial charge is 0.497 e. The third-order valence-corrected chi connectivity index (χ3v) is 5.01. The summed E-state index contributed by atoms with van der Waals surface area (Å²) in [6.07, 6.45) is 0. The lowest BCUT2D eigenvalue weighted by molar-refractivity contribution is 0.0601. The minimum absolute atomic E-state index is 0.0365. The van der Waals surface area contributed by atoms with Gasteiger partial charge < -0.3 is 14.2 Å². The molecule has 9 heteroatoms. The summed E-state index contributed by atoms with van der Waals surface area (Å²) in [5.41, 5.74) is 0.191. The number of carbonyl (C=O) groups is 1. The summed E-state index contributed by atoms with van der Waals surface area (Å²) in [6, 6.07) is 8.48. The van der Waals surface area contributed by atoms with E-state index in [2.05, 4.69) is 9.46 Å². The maximum Gasteiger partial charge on any atom is 0.337 e. The number of ether oxygens (including phenoxy) is 3. The molecule has 0 amide bonds. The molecule has 25 heavy (non-hydrogen) atoms. The molecule has 0 atom stereocenters. The van der Waals surface area contributed by atoms with Crippen LogP contribution in [0.2, 0.25) is 5.02 Å². The van der Waals surface area contributed by atoms with Crippen molar-refractivity contribution in [3.8, 4) is 11.5 Å². The van der Waals surface area contributed by atoms with Gasteiger partial charge in [-0.15, -0.1) is 0 Å². The van der Waals surface area contributed by atoms with Crippen molar-refractivity contribution in [3.63, 3.8) is 0 Å². The molecular weight excluding hydrogens is 370 g/mol. The molecule has 0 aliphatic heterocycles. The fraction of sp³-hybridized carbons (Fsp3) is 0.188. The standard InChI is InChI=1S/C16H16ClNO6S/c1-22-11-5-7-14(23-2)15(9-11)25(20,21)18-13-8-10(16(19)24-3)4-6-12(13)17/h4-9,18H,1-3H3. The summed E-state index contributed by atoms with van der Waals surface area (Å²) >= 11 is 6.03. The minimum Gasteiger partial charge on any atom is -0.497 e. The highest BCUT2D eigenvalue weighted by atomic mass is 35.5.